The molecule has 3 nitrogen and oxygen atoms in total. The highest BCUT2D eigenvalue weighted by atomic mass is 15.3. The zero-order valence-electron chi connectivity index (χ0n) is 8.51. The highest BCUT2D eigenvalue weighted by Crippen LogP contribution is 2.17. The van der Waals surface area contributed by atoms with Crippen LogP contribution in [0.25, 0.3) is 0 Å². The second-order valence-electron chi connectivity index (χ2n) is 4.30. The van der Waals surface area contributed by atoms with E-state index in [1.165, 1.54) is 0 Å². The van der Waals surface area contributed by atoms with E-state index >= 15 is 0 Å². The molecule has 1 rings (SSSR count). The molecule has 1 heterocycles. The maximum absolute atomic E-state index is 5.53. The van der Waals surface area contributed by atoms with E-state index in [1.54, 1.807) is 0 Å². The van der Waals surface area contributed by atoms with E-state index in [0.29, 0.717) is 5.54 Å². The lowest BCUT2D eigenvalue weighted by atomic mass is 10.00. The Kier molecular flexibility index (Phi) is 3.09. The monoisotopic (exact) mass is 171 g/mol. The first-order valence-corrected chi connectivity index (χ1v) is 4.70. The Morgan fingerprint density at radius 3 is 2.50 bits per heavy atom. The van der Waals surface area contributed by atoms with Gasteiger partial charge in [-0.3, -0.25) is 9.80 Å². The minimum Gasteiger partial charge on any atom is -0.329 e. The van der Waals surface area contributed by atoms with Gasteiger partial charge in [-0.1, -0.05) is 0 Å². The van der Waals surface area contributed by atoms with Crippen molar-refractivity contribution in [3.8, 4) is 0 Å². The number of hydrogen-bond donors (Lipinski definition) is 1. The average Bonchev–Trinajstić information content (AvgIpc) is 1.97. The van der Waals surface area contributed by atoms with Gasteiger partial charge in [-0.15, -0.1) is 0 Å². The van der Waals surface area contributed by atoms with Crippen LogP contribution in [0.1, 0.15) is 13.8 Å². The number of nitrogens with zero attached hydrogens (tertiary/aromatic N) is 2. The zero-order chi connectivity index (χ0) is 9.19. The molecule has 0 aromatic heterocycles. The molecule has 72 valence electrons. The van der Waals surface area contributed by atoms with E-state index in [-0.39, 0.29) is 0 Å². The zero-order valence-corrected chi connectivity index (χ0v) is 8.51. The van der Waals surface area contributed by atoms with E-state index in [0.717, 1.165) is 32.7 Å². The van der Waals surface area contributed by atoms with Crippen LogP contribution in [-0.4, -0.2) is 55.1 Å². The van der Waals surface area contributed by atoms with Crippen LogP contribution in [0.3, 0.4) is 0 Å². The summed E-state index contributed by atoms with van der Waals surface area (Å²) in [5, 5.41) is 0. The summed E-state index contributed by atoms with van der Waals surface area (Å²) in [4.78, 5) is 4.86. The first-order valence-electron chi connectivity index (χ1n) is 4.70. The molecular weight excluding hydrogens is 150 g/mol. The second-order valence-corrected chi connectivity index (χ2v) is 4.30. The third-order valence-electron chi connectivity index (χ3n) is 2.84. The van der Waals surface area contributed by atoms with Crippen molar-refractivity contribution >= 4 is 0 Å². The number of nitrogens with two attached hydrogens (primary N) is 1. The predicted octanol–water partition coefficient (Wildman–Crippen LogP) is -0.0289. The van der Waals surface area contributed by atoms with Gasteiger partial charge in [-0.05, 0) is 20.9 Å². The van der Waals surface area contributed by atoms with Crippen molar-refractivity contribution in [2.24, 2.45) is 5.73 Å². The predicted molar refractivity (Wildman–Crippen MR) is 52.2 cm³/mol. The first kappa shape index (κ1) is 9.96. The molecule has 0 amide bonds. The number of hydrogen-bond acceptors (Lipinski definition) is 3. The standard InChI is InChI=1S/C9H21N3/c1-9(2)8-12(5-4-10)7-6-11(9)3/h4-8,10H2,1-3H3. The molecule has 1 aliphatic heterocycles. The number of rotatable bonds is 2. The molecule has 0 aromatic rings. The van der Waals surface area contributed by atoms with Crippen molar-refractivity contribution < 1.29 is 0 Å². The molecule has 1 aliphatic rings. The summed E-state index contributed by atoms with van der Waals surface area (Å²) >= 11 is 0. The van der Waals surface area contributed by atoms with Gasteiger partial charge in [0, 0.05) is 38.3 Å². The lowest BCUT2D eigenvalue weighted by Crippen LogP contribution is -2.58. The van der Waals surface area contributed by atoms with Crippen LogP contribution in [0.4, 0.5) is 0 Å². The Labute approximate surface area is 75.5 Å². The fourth-order valence-corrected chi connectivity index (χ4v) is 1.71. The third-order valence-corrected chi connectivity index (χ3v) is 2.84. The van der Waals surface area contributed by atoms with Gasteiger partial charge in [-0.2, -0.15) is 0 Å². The Balaban J connectivity index is 2.45. The Bertz CT molecular complexity index is 145. The molecule has 0 bridgehead atoms. The summed E-state index contributed by atoms with van der Waals surface area (Å²) in [6, 6.07) is 0. The molecular formula is C9H21N3. The maximum Gasteiger partial charge on any atom is 0.0277 e. The van der Waals surface area contributed by atoms with Crippen molar-refractivity contribution in [1.82, 2.24) is 9.80 Å². The van der Waals surface area contributed by atoms with Crippen LogP contribution < -0.4 is 5.73 Å². The van der Waals surface area contributed by atoms with Gasteiger partial charge in [0.2, 0.25) is 0 Å². The fourth-order valence-electron chi connectivity index (χ4n) is 1.71. The molecule has 0 aliphatic carbocycles. The van der Waals surface area contributed by atoms with Gasteiger partial charge in [-0.25, -0.2) is 0 Å². The van der Waals surface area contributed by atoms with Crippen LogP contribution in [0.5, 0.6) is 0 Å². The summed E-state index contributed by atoms with van der Waals surface area (Å²) in [5.74, 6) is 0. The molecule has 3 heteroatoms. The van der Waals surface area contributed by atoms with Gasteiger partial charge in [0.05, 0.1) is 0 Å². The molecule has 0 unspecified atom stereocenters. The topological polar surface area (TPSA) is 32.5 Å². The molecule has 0 aromatic carbocycles. The van der Waals surface area contributed by atoms with Crippen molar-refractivity contribution in [2.45, 2.75) is 19.4 Å². The SMILES string of the molecule is CN1CCN(CCN)CC1(C)C. The first-order chi connectivity index (χ1) is 5.56. The maximum atomic E-state index is 5.53. The molecule has 1 saturated heterocycles. The van der Waals surface area contributed by atoms with Crippen LogP contribution in [0.15, 0.2) is 0 Å². The Morgan fingerprint density at radius 1 is 1.33 bits per heavy atom. The summed E-state index contributed by atoms with van der Waals surface area (Å²) in [5.41, 5.74) is 5.84. The normalized spacial score (nSPS) is 26.0. The quantitative estimate of drug-likeness (QED) is 0.633. The largest absolute Gasteiger partial charge is 0.329 e. The summed E-state index contributed by atoms with van der Waals surface area (Å²) in [6.07, 6.45) is 0. The van der Waals surface area contributed by atoms with Gasteiger partial charge in [0.25, 0.3) is 0 Å². The highest BCUT2D eigenvalue weighted by molar-refractivity contribution is 4.87. The van der Waals surface area contributed by atoms with Gasteiger partial charge in [0.1, 0.15) is 0 Å². The van der Waals surface area contributed by atoms with E-state index in [1.807, 2.05) is 0 Å². The van der Waals surface area contributed by atoms with Crippen LogP contribution >= 0.6 is 0 Å². The molecule has 0 spiro atoms. The lowest BCUT2D eigenvalue weighted by molar-refractivity contribution is 0.0418. The fraction of sp³-hybridized carbons (Fsp3) is 1.00. The summed E-state index contributed by atoms with van der Waals surface area (Å²) in [6.45, 7) is 9.85. The van der Waals surface area contributed by atoms with E-state index in [4.69, 9.17) is 5.73 Å². The average molecular weight is 171 g/mol. The highest BCUT2D eigenvalue weighted by Gasteiger charge is 2.30. The third kappa shape index (κ3) is 2.19. The Morgan fingerprint density at radius 2 is 2.00 bits per heavy atom. The molecule has 0 atom stereocenters. The molecule has 12 heavy (non-hydrogen) atoms. The van der Waals surface area contributed by atoms with E-state index < -0.39 is 0 Å². The molecule has 0 saturated carbocycles. The van der Waals surface area contributed by atoms with Crippen molar-refractivity contribution in [2.75, 3.05) is 39.8 Å². The van der Waals surface area contributed by atoms with E-state index in [9.17, 15) is 0 Å². The molecule has 0 radical (unpaired) electrons. The van der Waals surface area contributed by atoms with Crippen LogP contribution in [0.2, 0.25) is 0 Å². The number of piperazine rings is 1. The second kappa shape index (κ2) is 3.73. The van der Waals surface area contributed by atoms with Gasteiger partial charge in [0.15, 0.2) is 0 Å². The van der Waals surface area contributed by atoms with Crippen LogP contribution in [0, 0.1) is 0 Å². The summed E-state index contributed by atoms with van der Waals surface area (Å²) < 4.78 is 0. The molecule has 2 N–H and O–H groups in total. The summed E-state index contributed by atoms with van der Waals surface area (Å²) in [7, 11) is 2.19. The van der Waals surface area contributed by atoms with Crippen LogP contribution in [-0.2, 0) is 0 Å². The van der Waals surface area contributed by atoms with Gasteiger partial charge >= 0.3 is 0 Å². The van der Waals surface area contributed by atoms with E-state index in [2.05, 4.69) is 30.7 Å². The lowest BCUT2D eigenvalue weighted by Gasteiger charge is -2.45. The minimum absolute atomic E-state index is 0.313. The smallest absolute Gasteiger partial charge is 0.0277 e. The number of likely N-dealkylation sites (N-methyl/N-ethyl adjacent to an activating group) is 1. The van der Waals surface area contributed by atoms with Gasteiger partial charge < -0.3 is 5.73 Å². The molecule has 1 fully saturated rings. The van der Waals surface area contributed by atoms with Crippen molar-refractivity contribution in [1.29, 1.82) is 0 Å². The van der Waals surface area contributed by atoms with Crippen molar-refractivity contribution in [3.63, 3.8) is 0 Å². The Hall–Kier alpha value is -0.120. The minimum atomic E-state index is 0.313. The van der Waals surface area contributed by atoms with Crippen molar-refractivity contribution in [3.05, 3.63) is 0 Å².